The highest BCUT2D eigenvalue weighted by Gasteiger charge is 2.42. The molecule has 0 bridgehead atoms. The smallest absolute Gasteiger partial charge is 0.319 e. The van der Waals surface area contributed by atoms with Gasteiger partial charge in [0.25, 0.3) is 0 Å². The average molecular weight is 261 g/mol. The number of hydrogen-bond acceptors (Lipinski definition) is 4. The Hall–Kier alpha value is -2.17. The lowest BCUT2D eigenvalue weighted by Crippen LogP contribution is -2.48. The molecular weight excluding hydrogens is 246 g/mol. The third-order valence-corrected chi connectivity index (χ3v) is 3.12. The van der Waals surface area contributed by atoms with Crippen molar-refractivity contribution in [2.75, 3.05) is 6.61 Å². The largest absolute Gasteiger partial charge is 0.465 e. The zero-order valence-corrected chi connectivity index (χ0v) is 10.6. The van der Waals surface area contributed by atoms with Crippen LogP contribution in [0.4, 0.5) is 0 Å². The molecule has 1 saturated heterocycles. The van der Waals surface area contributed by atoms with Crippen LogP contribution < -0.4 is 5.32 Å². The number of carbonyl (C=O) groups excluding carboxylic acids is 3. The molecule has 1 N–H and O–H groups in total. The fourth-order valence-electron chi connectivity index (χ4n) is 2.28. The highest BCUT2D eigenvalue weighted by atomic mass is 16.5. The van der Waals surface area contributed by atoms with Crippen molar-refractivity contribution in [3.05, 3.63) is 35.9 Å². The number of benzene rings is 1. The zero-order valence-electron chi connectivity index (χ0n) is 10.6. The first-order valence-electron chi connectivity index (χ1n) is 6.18. The minimum Gasteiger partial charge on any atom is -0.465 e. The van der Waals surface area contributed by atoms with Crippen LogP contribution in [0.25, 0.3) is 0 Å². The molecule has 0 unspecified atom stereocenters. The van der Waals surface area contributed by atoms with Crippen LogP contribution in [0.2, 0.25) is 0 Å². The summed E-state index contributed by atoms with van der Waals surface area (Å²) in [7, 11) is 0. The minimum absolute atomic E-state index is 0.110. The number of nitrogens with one attached hydrogen (secondary N) is 1. The standard InChI is InChI=1S/C14H15NO4/c1-2-19-14(18)12-10(8-11(16)15-13(12)17)9-6-4-3-5-7-9/h3-7,10,12H,2,8H2,1H3,(H,15,16,17)/t10-,12-/m1/s1. The number of esters is 1. The Morgan fingerprint density at radius 2 is 2.00 bits per heavy atom. The fraction of sp³-hybridized carbons (Fsp3) is 0.357. The number of ether oxygens (including phenoxy) is 1. The van der Waals surface area contributed by atoms with E-state index >= 15 is 0 Å². The molecule has 1 aromatic carbocycles. The Balaban J connectivity index is 2.32. The van der Waals surface area contributed by atoms with Gasteiger partial charge in [-0.25, -0.2) is 0 Å². The summed E-state index contributed by atoms with van der Waals surface area (Å²) < 4.78 is 4.93. The van der Waals surface area contributed by atoms with Crippen molar-refractivity contribution in [2.24, 2.45) is 5.92 Å². The summed E-state index contributed by atoms with van der Waals surface area (Å²) in [6.45, 7) is 1.89. The third-order valence-electron chi connectivity index (χ3n) is 3.12. The first-order chi connectivity index (χ1) is 9.13. The van der Waals surface area contributed by atoms with Crippen LogP contribution >= 0.6 is 0 Å². The summed E-state index contributed by atoms with van der Waals surface area (Å²) in [6.07, 6.45) is 0.110. The normalized spacial score (nSPS) is 22.8. The molecule has 100 valence electrons. The molecular formula is C14H15NO4. The van der Waals surface area contributed by atoms with Crippen molar-refractivity contribution < 1.29 is 19.1 Å². The summed E-state index contributed by atoms with van der Waals surface area (Å²) in [5.41, 5.74) is 0.795. The molecule has 1 heterocycles. The van der Waals surface area contributed by atoms with E-state index in [-0.39, 0.29) is 18.9 Å². The first-order valence-corrected chi connectivity index (χ1v) is 6.18. The Labute approximate surface area is 110 Å². The monoisotopic (exact) mass is 261 g/mol. The van der Waals surface area contributed by atoms with Crippen molar-refractivity contribution >= 4 is 17.8 Å². The second kappa shape index (κ2) is 5.65. The van der Waals surface area contributed by atoms with Crippen molar-refractivity contribution in [1.82, 2.24) is 5.32 Å². The molecule has 1 aliphatic heterocycles. The van der Waals surface area contributed by atoms with Gasteiger partial charge in [-0.15, -0.1) is 0 Å². The van der Waals surface area contributed by atoms with Crippen LogP contribution in [-0.4, -0.2) is 24.4 Å². The topological polar surface area (TPSA) is 72.5 Å². The van der Waals surface area contributed by atoms with Crippen molar-refractivity contribution in [3.8, 4) is 0 Å². The number of rotatable bonds is 3. The van der Waals surface area contributed by atoms with E-state index in [0.717, 1.165) is 5.56 Å². The van der Waals surface area contributed by atoms with Crippen LogP contribution in [0.1, 0.15) is 24.8 Å². The van der Waals surface area contributed by atoms with E-state index in [0.29, 0.717) is 0 Å². The van der Waals surface area contributed by atoms with E-state index in [1.165, 1.54) is 0 Å². The Morgan fingerprint density at radius 3 is 2.63 bits per heavy atom. The van der Waals surface area contributed by atoms with E-state index in [4.69, 9.17) is 4.74 Å². The Morgan fingerprint density at radius 1 is 1.32 bits per heavy atom. The summed E-state index contributed by atoms with van der Waals surface area (Å²) in [4.78, 5) is 35.3. The maximum Gasteiger partial charge on any atom is 0.319 e. The Bertz CT molecular complexity index is 497. The van der Waals surface area contributed by atoms with Gasteiger partial charge in [0, 0.05) is 12.3 Å². The second-order valence-corrected chi connectivity index (χ2v) is 4.36. The lowest BCUT2D eigenvalue weighted by atomic mass is 9.80. The summed E-state index contributed by atoms with van der Waals surface area (Å²) in [6, 6.07) is 9.09. The molecule has 1 aromatic rings. The van der Waals surface area contributed by atoms with Crippen molar-refractivity contribution in [2.45, 2.75) is 19.3 Å². The van der Waals surface area contributed by atoms with Crippen LogP contribution in [0, 0.1) is 5.92 Å². The molecule has 5 nitrogen and oxygen atoms in total. The van der Waals surface area contributed by atoms with Gasteiger partial charge in [-0.2, -0.15) is 0 Å². The van der Waals surface area contributed by atoms with E-state index in [1.807, 2.05) is 30.3 Å². The Kier molecular flexibility index (Phi) is 3.94. The van der Waals surface area contributed by atoms with E-state index < -0.39 is 23.7 Å². The highest BCUT2D eigenvalue weighted by Crippen LogP contribution is 2.32. The van der Waals surface area contributed by atoms with Gasteiger partial charge in [0.05, 0.1) is 6.61 Å². The van der Waals surface area contributed by atoms with Crippen molar-refractivity contribution in [3.63, 3.8) is 0 Å². The average Bonchev–Trinajstić information content (AvgIpc) is 2.39. The number of imide groups is 1. The van der Waals surface area contributed by atoms with E-state index in [2.05, 4.69) is 5.32 Å². The maximum atomic E-state index is 11.9. The number of piperidine rings is 1. The van der Waals surface area contributed by atoms with E-state index in [1.54, 1.807) is 6.92 Å². The molecule has 0 aliphatic carbocycles. The van der Waals surface area contributed by atoms with Crippen LogP contribution in [0.15, 0.2) is 30.3 Å². The van der Waals surface area contributed by atoms with Crippen LogP contribution in [-0.2, 0) is 19.1 Å². The molecule has 1 fully saturated rings. The lowest BCUT2D eigenvalue weighted by molar-refractivity contribution is -0.155. The van der Waals surface area contributed by atoms with E-state index in [9.17, 15) is 14.4 Å². The predicted molar refractivity (Wildman–Crippen MR) is 67.1 cm³/mol. The SMILES string of the molecule is CCOC(=O)[C@H]1C(=O)NC(=O)C[C@@H]1c1ccccc1. The quantitative estimate of drug-likeness (QED) is 0.500. The molecule has 5 heteroatoms. The number of hydrogen-bond donors (Lipinski definition) is 1. The predicted octanol–water partition coefficient (Wildman–Crippen LogP) is 0.996. The molecule has 1 aliphatic rings. The second-order valence-electron chi connectivity index (χ2n) is 4.36. The highest BCUT2D eigenvalue weighted by molar-refractivity contribution is 6.08. The molecule has 0 spiro atoms. The molecule has 2 atom stereocenters. The van der Waals surface area contributed by atoms with Gasteiger partial charge in [0.15, 0.2) is 0 Å². The van der Waals surface area contributed by atoms with Crippen molar-refractivity contribution in [1.29, 1.82) is 0 Å². The summed E-state index contributed by atoms with van der Waals surface area (Å²) in [5, 5.41) is 2.19. The third kappa shape index (κ3) is 2.81. The van der Waals surface area contributed by atoms with Gasteiger partial charge in [-0.1, -0.05) is 30.3 Å². The zero-order chi connectivity index (χ0) is 13.8. The first kappa shape index (κ1) is 13.3. The number of carbonyl (C=O) groups is 3. The minimum atomic E-state index is -0.958. The maximum absolute atomic E-state index is 11.9. The summed E-state index contributed by atoms with van der Waals surface area (Å²) in [5.74, 6) is -2.94. The number of amides is 2. The van der Waals surface area contributed by atoms with Crippen LogP contribution in [0.3, 0.4) is 0 Å². The molecule has 2 amide bonds. The fourth-order valence-corrected chi connectivity index (χ4v) is 2.28. The molecule has 0 radical (unpaired) electrons. The van der Waals surface area contributed by atoms with Gasteiger partial charge >= 0.3 is 5.97 Å². The molecule has 0 aromatic heterocycles. The van der Waals surface area contributed by atoms with Gasteiger partial charge in [-0.3, -0.25) is 19.7 Å². The summed E-state index contributed by atoms with van der Waals surface area (Å²) >= 11 is 0. The van der Waals surface area contributed by atoms with Gasteiger partial charge in [-0.05, 0) is 12.5 Å². The van der Waals surface area contributed by atoms with Crippen LogP contribution in [0.5, 0.6) is 0 Å². The van der Waals surface area contributed by atoms with Gasteiger partial charge < -0.3 is 4.74 Å². The molecule has 19 heavy (non-hydrogen) atoms. The van der Waals surface area contributed by atoms with Gasteiger partial charge in [0.1, 0.15) is 5.92 Å². The molecule has 0 saturated carbocycles. The molecule has 2 rings (SSSR count). The lowest BCUT2D eigenvalue weighted by Gasteiger charge is -2.28. The van der Waals surface area contributed by atoms with Gasteiger partial charge in [0.2, 0.25) is 11.8 Å².